The summed E-state index contributed by atoms with van der Waals surface area (Å²) in [6, 6.07) is -2.27. The minimum atomic E-state index is -1.09. The fraction of sp³-hybridized carbons (Fsp3) is 0.857. The molecule has 0 radical (unpaired) electrons. The molecule has 2 atom stereocenters. The lowest BCUT2D eigenvalue weighted by Gasteiger charge is -2.28. The molecule has 3 amide bonds. The summed E-state index contributed by atoms with van der Waals surface area (Å²) in [5.74, 6) is -0.900. The minimum absolute atomic E-state index is 0.0648. The van der Waals surface area contributed by atoms with Crippen LogP contribution in [0, 0.1) is 11.3 Å². The lowest BCUT2D eigenvalue weighted by molar-refractivity contribution is -0.139. The van der Waals surface area contributed by atoms with E-state index in [2.05, 4.69) is 16.0 Å². The molecule has 0 heterocycles. The molecule has 0 spiro atoms. The first kappa shape index (κ1) is 25.2. The maximum Gasteiger partial charge on any atom is 0.326 e. The van der Waals surface area contributed by atoms with E-state index in [1.54, 1.807) is 0 Å². The highest BCUT2D eigenvalue weighted by atomic mass is 16.4. The Kier molecular flexibility index (Phi) is 11.0. The molecular formula is C21H40N4O4. The summed E-state index contributed by atoms with van der Waals surface area (Å²) in [5, 5.41) is 17.5. The molecule has 1 saturated carbocycles. The molecule has 29 heavy (non-hydrogen) atoms. The van der Waals surface area contributed by atoms with Crippen LogP contribution in [0.1, 0.15) is 78.6 Å². The van der Waals surface area contributed by atoms with E-state index in [9.17, 15) is 19.5 Å². The van der Waals surface area contributed by atoms with Gasteiger partial charge in [0.05, 0.1) is 0 Å². The highest BCUT2D eigenvalue weighted by molar-refractivity contribution is 5.88. The zero-order valence-corrected chi connectivity index (χ0v) is 18.3. The van der Waals surface area contributed by atoms with Crippen molar-refractivity contribution in [1.82, 2.24) is 16.0 Å². The number of unbranched alkanes of at least 4 members (excludes halogenated alkanes) is 1. The van der Waals surface area contributed by atoms with Crippen LogP contribution in [-0.2, 0) is 9.59 Å². The fourth-order valence-corrected chi connectivity index (χ4v) is 3.57. The van der Waals surface area contributed by atoms with E-state index < -0.39 is 24.1 Å². The van der Waals surface area contributed by atoms with E-state index in [0.29, 0.717) is 44.7 Å². The van der Waals surface area contributed by atoms with Crippen molar-refractivity contribution in [2.45, 2.75) is 90.6 Å². The zero-order valence-electron chi connectivity index (χ0n) is 18.3. The molecule has 8 nitrogen and oxygen atoms in total. The number of rotatable bonds is 11. The van der Waals surface area contributed by atoms with Gasteiger partial charge in [0.2, 0.25) is 5.91 Å². The Hall–Kier alpha value is -1.83. The van der Waals surface area contributed by atoms with Gasteiger partial charge in [0.15, 0.2) is 0 Å². The van der Waals surface area contributed by atoms with Crippen molar-refractivity contribution >= 4 is 17.9 Å². The monoisotopic (exact) mass is 412 g/mol. The summed E-state index contributed by atoms with van der Waals surface area (Å²) in [7, 11) is 0. The standard InChI is InChI=1S/C21H40N4O4/c1-21(2,3)14-23-18(26)17(13-15-9-5-4-6-10-15)25-20(29)24-16(19(27)28)11-7-8-12-22/h15-17H,4-14,22H2,1-3H3,(H,23,26)(H,27,28)(H2,24,25,29)/t16-,17+/m0/s1. The number of hydrogen-bond acceptors (Lipinski definition) is 4. The Morgan fingerprint density at radius 2 is 1.66 bits per heavy atom. The fourth-order valence-electron chi connectivity index (χ4n) is 3.57. The Morgan fingerprint density at radius 1 is 1.03 bits per heavy atom. The second kappa shape index (κ2) is 12.7. The van der Waals surface area contributed by atoms with Crippen LogP contribution >= 0.6 is 0 Å². The largest absolute Gasteiger partial charge is 0.480 e. The van der Waals surface area contributed by atoms with Crippen molar-refractivity contribution in [3.8, 4) is 0 Å². The van der Waals surface area contributed by atoms with Crippen LogP contribution in [0.2, 0.25) is 0 Å². The lowest BCUT2D eigenvalue weighted by atomic mass is 9.84. The second-order valence-electron chi connectivity index (χ2n) is 9.36. The Balaban J connectivity index is 2.70. The third-order valence-electron chi connectivity index (χ3n) is 5.26. The summed E-state index contributed by atoms with van der Waals surface area (Å²) in [6.45, 7) is 7.08. The van der Waals surface area contributed by atoms with Crippen molar-refractivity contribution in [1.29, 1.82) is 0 Å². The third-order valence-corrected chi connectivity index (χ3v) is 5.26. The normalized spacial score (nSPS) is 17.2. The predicted molar refractivity (Wildman–Crippen MR) is 113 cm³/mol. The first-order valence-electron chi connectivity index (χ1n) is 10.9. The summed E-state index contributed by atoms with van der Waals surface area (Å²) in [6.07, 6.45) is 7.83. The number of hydrogen-bond donors (Lipinski definition) is 5. The van der Waals surface area contributed by atoms with Crippen LogP contribution in [0.25, 0.3) is 0 Å². The minimum Gasteiger partial charge on any atom is -0.480 e. The summed E-state index contributed by atoms with van der Waals surface area (Å²) in [4.78, 5) is 36.6. The Morgan fingerprint density at radius 3 is 2.21 bits per heavy atom. The van der Waals surface area contributed by atoms with Crippen LogP contribution < -0.4 is 21.7 Å². The van der Waals surface area contributed by atoms with Gasteiger partial charge in [-0.2, -0.15) is 0 Å². The van der Waals surface area contributed by atoms with Crippen molar-refractivity contribution in [3.05, 3.63) is 0 Å². The van der Waals surface area contributed by atoms with E-state index in [4.69, 9.17) is 5.73 Å². The Bertz CT molecular complexity index is 527. The predicted octanol–water partition coefficient (Wildman–Crippen LogP) is 2.37. The van der Waals surface area contributed by atoms with Gasteiger partial charge in [0.1, 0.15) is 12.1 Å². The van der Waals surface area contributed by atoms with Crippen LogP contribution in [0.4, 0.5) is 4.79 Å². The molecular weight excluding hydrogens is 372 g/mol. The van der Waals surface area contributed by atoms with Gasteiger partial charge in [0.25, 0.3) is 0 Å². The first-order valence-corrected chi connectivity index (χ1v) is 10.9. The van der Waals surface area contributed by atoms with E-state index in [1.807, 2.05) is 20.8 Å². The van der Waals surface area contributed by atoms with E-state index in [0.717, 1.165) is 25.7 Å². The van der Waals surface area contributed by atoms with Gasteiger partial charge in [-0.1, -0.05) is 52.9 Å². The average molecular weight is 413 g/mol. The lowest BCUT2D eigenvalue weighted by Crippen LogP contribution is -2.54. The molecule has 0 aromatic heterocycles. The molecule has 1 aliphatic rings. The van der Waals surface area contributed by atoms with Gasteiger partial charge < -0.3 is 26.8 Å². The highest BCUT2D eigenvalue weighted by Gasteiger charge is 2.28. The number of nitrogens with one attached hydrogen (secondary N) is 3. The number of carbonyl (C=O) groups is 3. The summed E-state index contributed by atoms with van der Waals surface area (Å²) < 4.78 is 0. The van der Waals surface area contributed by atoms with Gasteiger partial charge >= 0.3 is 12.0 Å². The van der Waals surface area contributed by atoms with Crippen LogP contribution in [0.3, 0.4) is 0 Å². The SMILES string of the molecule is CC(C)(C)CNC(=O)[C@@H](CC1CCCCC1)NC(=O)N[C@@H](CCCCN)C(=O)O. The molecule has 1 rings (SSSR count). The van der Waals surface area contributed by atoms with Gasteiger partial charge in [-0.15, -0.1) is 0 Å². The molecule has 0 bridgehead atoms. The van der Waals surface area contributed by atoms with Gasteiger partial charge in [-0.3, -0.25) is 4.79 Å². The number of carbonyl (C=O) groups excluding carboxylic acids is 2. The van der Waals surface area contributed by atoms with E-state index >= 15 is 0 Å². The van der Waals surface area contributed by atoms with E-state index in [1.165, 1.54) is 6.42 Å². The van der Waals surface area contributed by atoms with Crippen molar-refractivity contribution < 1.29 is 19.5 Å². The Labute approximate surface area is 174 Å². The molecule has 0 aromatic rings. The van der Waals surface area contributed by atoms with Gasteiger partial charge in [-0.05, 0) is 43.6 Å². The second-order valence-corrected chi connectivity index (χ2v) is 9.36. The third kappa shape index (κ3) is 11.1. The molecule has 0 aromatic carbocycles. The van der Waals surface area contributed by atoms with Crippen LogP contribution in [0.5, 0.6) is 0 Å². The maximum atomic E-state index is 12.7. The molecule has 0 saturated heterocycles. The molecule has 6 N–H and O–H groups in total. The van der Waals surface area contributed by atoms with Crippen molar-refractivity contribution in [2.24, 2.45) is 17.1 Å². The van der Waals surface area contributed by atoms with Crippen molar-refractivity contribution in [2.75, 3.05) is 13.1 Å². The molecule has 0 aliphatic heterocycles. The van der Waals surface area contributed by atoms with Crippen LogP contribution in [0.15, 0.2) is 0 Å². The van der Waals surface area contributed by atoms with Crippen molar-refractivity contribution in [3.63, 3.8) is 0 Å². The summed E-state index contributed by atoms with van der Waals surface area (Å²) in [5.41, 5.74) is 5.38. The summed E-state index contributed by atoms with van der Waals surface area (Å²) >= 11 is 0. The number of amides is 3. The molecule has 1 fully saturated rings. The van der Waals surface area contributed by atoms with E-state index in [-0.39, 0.29) is 11.3 Å². The smallest absolute Gasteiger partial charge is 0.326 e. The number of nitrogens with two attached hydrogens (primary N) is 1. The first-order chi connectivity index (χ1) is 13.6. The van der Waals surface area contributed by atoms with Gasteiger partial charge in [-0.25, -0.2) is 9.59 Å². The molecule has 0 unspecified atom stereocenters. The number of aliphatic carboxylic acids is 1. The average Bonchev–Trinajstić information content (AvgIpc) is 2.65. The molecule has 8 heteroatoms. The molecule has 168 valence electrons. The quantitative estimate of drug-likeness (QED) is 0.332. The number of urea groups is 1. The number of carboxylic acid groups (broad SMARTS) is 1. The highest BCUT2D eigenvalue weighted by Crippen LogP contribution is 2.27. The molecule has 1 aliphatic carbocycles. The van der Waals surface area contributed by atoms with Crippen LogP contribution in [-0.4, -0.2) is 48.2 Å². The van der Waals surface area contributed by atoms with Gasteiger partial charge in [0, 0.05) is 6.54 Å². The number of carboxylic acids is 1. The maximum absolute atomic E-state index is 12.7. The zero-order chi connectivity index (χ0) is 21.9. The topological polar surface area (TPSA) is 134 Å².